The molecule has 7 atom stereocenters. The lowest BCUT2D eigenvalue weighted by molar-refractivity contribution is -0.216. The van der Waals surface area contributed by atoms with Crippen LogP contribution in [0.2, 0.25) is 0 Å². The topological polar surface area (TPSA) is 65.0 Å². The number of aliphatic hydroxyl groups is 2. The van der Waals surface area contributed by atoms with Crippen LogP contribution in [0.3, 0.4) is 0 Å². The van der Waals surface area contributed by atoms with Crippen LogP contribution < -0.4 is 5.32 Å². The van der Waals surface area contributed by atoms with Gasteiger partial charge in [-0.3, -0.25) is 4.90 Å². The molecule has 1 aromatic rings. The number of aryl methyl sites for hydroxylation is 1. The van der Waals surface area contributed by atoms with Gasteiger partial charge in [-0.1, -0.05) is 42.5 Å². The number of hydrogen-bond acceptors (Lipinski definition) is 5. The SMILES string of the molecule is OC1C=CC2=C3C1O[C@H]1[C@H](NCCCc4ccccc4)CC[C@@]4(O)[C@@H](C2)N(CC2CC2)CC[C@]314. The fraction of sp³-hybridized carbons (Fsp3) is 0.655. The van der Waals surface area contributed by atoms with Crippen LogP contribution in [0.5, 0.6) is 0 Å². The fourth-order valence-electron chi connectivity index (χ4n) is 8.25. The highest BCUT2D eigenvalue weighted by Gasteiger charge is 2.74. The van der Waals surface area contributed by atoms with Gasteiger partial charge >= 0.3 is 0 Å². The second kappa shape index (κ2) is 8.01. The van der Waals surface area contributed by atoms with Crippen molar-refractivity contribution >= 4 is 0 Å². The standard InChI is InChI=1S/C29H38N2O3/c32-23-11-10-21-17-24-29(33)13-12-22(30-15-4-7-19-5-2-1-3-6-19)27-28(29,25(21)26(23)34-27)14-16-31(24)18-20-8-9-20/h1-3,5-6,10-11,20,22-24,26-27,30,32-33H,4,7-9,12-18H2/t22-,23?,24-,26?,27+,28+,29-/m1/s1. The number of ether oxygens (including phenoxy) is 1. The molecule has 2 unspecified atom stereocenters. The molecule has 1 aromatic carbocycles. The number of piperidine rings is 1. The van der Waals surface area contributed by atoms with Crippen molar-refractivity contribution in [3.05, 3.63) is 59.2 Å². The summed E-state index contributed by atoms with van der Waals surface area (Å²) >= 11 is 0. The van der Waals surface area contributed by atoms with Crippen LogP contribution in [0.1, 0.15) is 50.5 Å². The van der Waals surface area contributed by atoms with Crippen LogP contribution in [0.4, 0.5) is 0 Å². The summed E-state index contributed by atoms with van der Waals surface area (Å²) in [6.45, 7) is 3.12. The number of likely N-dealkylation sites (tertiary alicyclic amines) is 1. The van der Waals surface area contributed by atoms with Crippen LogP contribution in [0.15, 0.2) is 53.6 Å². The van der Waals surface area contributed by atoms with Crippen LogP contribution in [0.25, 0.3) is 0 Å². The molecule has 2 aliphatic heterocycles. The average Bonchev–Trinajstić information content (AvgIpc) is 3.59. The Labute approximate surface area is 202 Å². The van der Waals surface area contributed by atoms with Gasteiger partial charge in [-0.05, 0) is 87.1 Å². The Morgan fingerprint density at radius 1 is 1.12 bits per heavy atom. The zero-order valence-electron chi connectivity index (χ0n) is 20.0. The average molecular weight is 463 g/mol. The summed E-state index contributed by atoms with van der Waals surface area (Å²) in [5, 5.41) is 27.3. The molecule has 34 heavy (non-hydrogen) atoms. The quantitative estimate of drug-likeness (QED) is 0.544. The maximum atomic E-state index is 12.5. The predicted octanol–water partition coefficient (Wildman–Crippen LogP) is 2.97. The highest BCUT2D eigenvalue weighted by atomic mass is 16.5. The number of aliphatic hydroxyl groups excluding tert-OH is 1. The Morgan fingerprint density at radius 2 is 1.97 bits per heavy atom. The second-order valence-corrected chi connectivity index (χ2v) is 11.8. The van der Waals surface area contributed by atoms with E-state index in [0.717, 1.165) is 64.1 Å². The zero-order chi connectivity index (χ0) is 22.9. The minimum absolute atomic E-state index is 0.0709. The van der Waals surface area contributed by atoms with E-state index < -0.39 is 11.7 Å². The Hall–Kier alpha value is -1.50. The molecular weight excluding hydrogens is 424 g/mol. The Balaban J connectivity index is 1.16. The van der Waals surface area contributed by atoms with Gasteiger partial charge in [-0.25, -0.2) is 0 Å². The number of allylic oxidation sites excluding steroid dienone is 1. The third kappa shape index (κ3) is 3.10. The molecule has 2 heterocycles. The van der Waals surface area contributed by atoms with Crippen molar-refractivity contribution in [2.75, 3.05) is 19.6 Å². The van der Waals surface area contributed by atoms with Crippen molar-refractivity contribution in [3.63, 3.8) is 0 Å². The summed E-state index contributed by atoms with van der Waals surface area (Å²) in [4.78, 5) is 2.61. The lowest BCUT2D eigenvalue weighted by Gasteiger charge is -2.65. The first-order chi connectivity index (χ1) is 16.6. The maximum absolute atomic E-state index is 12.5. The van der Waals surface area contributed by atoms with Gasteiger partial charge in [0.2, 0.25) is 0 Å². The van der Waals surface area contributed by atoms with Crippen molar-refractivity contribution in [1.82, 2.24) is 10.2 Å². The van der Waals surface area contributed by atoms with E-state index in [1.165, 1.54) is 29.6 Å². The Morgan fingerprint density at radius 3 is 2.79 bits per heavy atom. The molecule has 2 saturated carbocycles. The van der Waals surface area contributed by atoms with Crippen LogP contribution >= 0.6 is 0 Å². The van der Waals surface area contributed by atoms with E-state index in [1.54, 1.807) is 0 Å². The highest BCUT2D eigenvalue weighted by Crippen LogP contribution is 2.67. The van der Waals surface area contributed by atoms with Gasteiger partial charge in [0.25, 0.3) is 0 Å². The molecule has 6 aliphatic rings. The van der Waals surface area contributed by atoms with E-state index in [1.807, 2.05) is 6.08 Å². The van der Waals surface area contributed by atoms with Gasteiger partial charge in [0.05, 0.1) is 17.1 Å². The van der Waals surface area contributed by atoms with Gasteiger partial charge in [0.1, 0.15) is 12.2 Å². The lowest BCUT2D eigenvalue weighted by Crippen LogP contribution is -2.75. The van der Waals surface area contributed by atoms with E-state index in [9.17, 15) is 10.2 Å². The second-order valence-electron chi connectivity index (χ2n) is 11.8. The molecule has 5 nitrogen and oxygen atoms in total. The molecule has 0 aromatic heterocycles. The zero-order valence-corrected chi connectivity index (χ0v) is 20.0. The maximum Gasteiger partial charge on any atom is 0.110 e. The number of nitrogens with one attached hydrogen (secondary N) is 1. The first-order valence-corrected chi connectivity index (χ1v) is 13.6. The van der Waals surface area contributed by atoms with E-state index in [2.05, 4.69) is 46.6 Å². The first-order valence-electron chi connectivity index (χ1n) is 13.6. The molecule has 0 radical (unpaired) electrons. The monoisotopic (exact) mass is 462 g/mol. The Kier molecular flexibility index (Phi) is 5.12. The van der Waals surface area contributed by atoms with Crippen LogP contribution in [-0.2, 0) is 11.2 Å². The van der Waals surface area contributed by atoms with Gasteiger partial charge in [-0.2, -0.15) is 0 Å². The summed E-state index contributed by atoms with van der Waals surface area (Å²) in [7, 11) is 0. The number of benzene rings is 1. The number of nitrogens with zero attached hydrogens (tertiary/aromatic N) is 1. The van der Waals surface area contributed by atoms with E-state index >= 15 is 0 Å². The first kappa shape index (κ1) is 21.8. The summed E-state index contributed by atoms with van der Waals surface area (Å²) in [6, 6.07) is 11.1. The minimum atomic E-state index is -0.758. The van der Waals surface area contributed by atoms with Crippen molar-refractivity contribution in [2.45, 2.75) is 87.4 Å². The van der Waals surface area contributed by atoms with E-state index in [0.29, 0.717) is 0 Å². The van der Waals surface area contributed by atoms with Crippen LogP contribution in [0, 0.1) is 11.3 Å². The van der Waals surface area contributed by atoms with Crippen molar-refractivity contribution in [2.24, 2.45) is 11.3 Å². The third-order valence-electron chi connectivity index (χ3n) is 9.95. The molecular formula is C29H38N2O3. The molecule has 1 spiro atoms. The van der Waals surface area contributed by atoms with E-state index in [4.69, 9.17) is 4.74 Å². The summed E-state index contributed by atoms with van der Waals surface area (Å²) in [6.07, 6.45) is 11.5. The summed E-state index contributed by atoms with van der Waals surface area (Å²) in [5.41, 5.74) is 2.83. The highest BCUT2D eigenvalue weighted by molar-refractivity contribution is 5.50. The van der Waals surface area contributed by atoms with Crippen molar-refractivity contribution < 1.29 is 14.9 Å². The predicted molar refractivity (Wildman–Crippen MR) is 131 cm³/mol. The normalized spacial score (nSPS) is 42.7. The third-order valence-corrected chi connectivity index (χ3v) is 9.95. The summed E-state index contributed by atoms with van der Waals surface area (Å²) < 4.78 is 6.76. The molecule has 4 aliphatic carbocycles. The van der Waals surface area contributed by atoms with Crippen LogP contribution in [-0.4, -0.2) is 70.7 Å². The van der Waals surface area contributed by atoms with Gasteiger partial charge in [-0.15, -0.1) is 0 Å². The summed E-state index contributed by atoms with van der Waals surface area (Å²) in [5.74, 6) is 0.822. The largest absolute Gasteiger partial charge is 0.387 e. The van der Waals surface area contributed by atoms with Crippen molar-refractivity contribution in [1.29, 1.82) is 0 Å². The molecule has 2 bridgehead atoms. The number of hydrogen-bond donors (Lipinski definition) is 3. The molecule has 0 amide bonds. The lowest BCUT2D eigenvalue weighted by atomic mass is 9.47. The molecule has 3 N–H and O–H groups in total. The molecule has 5 heteroatoms. The minimum Gasteiger partial charge on any atom is -0.387 e. The van der Waals surface area contributed by atoms with Crippen molar-refractivity contribution in [3.8, 4) is 0 Å². The number of rotatable bonds is 7. The molecule has 4 fully saturated rings. The van der Waals surface area contributed by atoms with Gasteiger partial charge < -0.3 is 20.3 Å². The fourth-order valence-corrected chi connectivity index (χ4v) is 8.25. The van der Waals surface area contributed by atoms with Gasteiger partial charge in [0.15, 0.2) is 0 Å². The van der Waals surface area contributed by atoms with E-state index in [-0.39, 0.29) is 29.7 Å². The smallest absolute Gasteiger partial charge is 0.110 e. The molecule has 182 valence electrons. The molecule has 2 saturated heterocycles. The van der Waals surface area contributed by atoms with Gasteiger partial charge in [0, 0.05) is 18.6 Å². The Bertz CT molecular complexity index is 1000. The molecule has 7 rings (SSSR count).